The second-order valence-corrected chi connectivity index (χ2v) is 4.64. The summed E-state index contributed by atoms with van der Waals surface area (Å²) in [6.45, 7) is 0. The van der Waals surface area contributed by atoms with E-state index in [-0.39, 0.29) is 5.02 Å². The number of hydrogen-bond donors (Lipinski definition) is 2. The maximum atomic E-state index is 13.0. The molecule has 17 heavy (non-hydrogen) atoms. The van der Waals surface area contributed by atoms with Gasteiger partial charge in [0, 0.05) is 10.7 Å². The first-order valence-corrected chi connectivity index (χ1v) is 5.85. The van der Waals surface area contributed by atoms with Crippen molar-refractivity contribution in [3.05, 3.63) is 45.9 Å². The molecule has 0 bridgehead atoms. The molecule has 0 aliphatic rings. The fourth-order valence-corrected chi connectivity index (χ4v) is 2.23. The minimum Gasteiger partial charge on any atom is -0.397 e. The van der Waals surface area contributed by atoms with E-state index in [9.17, 15) is 4.39 Å². The number of aromatic nitrogens is 1. The van der Waals surface area contributed by atoms with Crippen LogP contribution in [0.4, 0.5) is 21.5 Å². The van der Waals surface area contributed by atoms with Crippen molar-refractivity contribution in [3.63, 3.8) is 0 Å². The first kappa shape index (κ1) is 12.1. The van der Waals surface area contributed by atoms with Gasteiger partial charge >= 0.3 is 0 Å². The normalized spacial score (nSPS) is 10.3. The summed E-state index contributed by atoms with van der Waals surface area (Å²) in [4.78, 5) is 3.94. The SMILES string of the molecule is Nc1cncc(Nc2c(Cl)cc(F)cc2Br)c1. The summed E-state index contributed by atoms with van der Waals surface area (Å²) >= 11 is 9.18. The van der Waals surface area contributed by atoms with E-state index in [1.165, 1.54) is 18.3 Å². The molecule has 3 nitrogen and oxygen atoms in total. The Morgan fingerprint density at radius 3 is 2.71 bits per heavy atom. The van der Waals surface area contributed by atoms with Gasteiger partial charge in [0.15, 0.2) is 0 Å². The van der Waals surface area contributed by atoms with Crippen molar-refractivity contribution in [1.82, 2.24) is 4.98 Å². The molecule has 0 radical (unpaired) electrons. The molecule has 6 heteroatoms. The Labute approximate surface area is 111 Å². The number of benzene rings is 1. The lowest BCUT2D eigenvalue weighted by molar-refractivity contribution is 0.627. The molecule has 0 aliphatic heterocycles. The molecule has 2 rings (SSSR count). The Morgan fingerprint density at radius 1 is 1.29 bits per heavy atom. The van der Waals surface area contributed by atoms with Crippen LogP contribution in [0.5, 0.6) is 0 Å². The van der Waals surface area contributed by atoms with Gasteiger partial charge in [-0.3, -0.25) is 4.98 Å². The molecule has 0 spiro atoms. The van der Waals surface area contributed by atoms with Gasteiger partial charge in [0.2, 0.25) is 0 Å². The highest BCUT2D eigenvalue weighted by molar-refractivity contribution is 9.10. The Hall–Kier alpha value is -1.33. The molecular weight excluding hydrogens is 308 g/mol. The van der Waals surface area contributed by atoms with Gasteiger partial charge in [0.25, 0.3) is 0 Å². The van der Waals surface area contributed by atoms with Crippen LogP contribution >= 0.6 is 27.5 Å². The number of hydrogen-bond acceptors (Lipinski definition) is 3. The number of nitrogens with two attached hydrogens (primary N) is 1. The molecule has 1 aromatic carbocycles. The average molecular weight is 317 g/mol. The molecule has 1 heterocycles. The van der Waals surface area contributed by atoms with Gasteiger partial charge in [-0.05, 0) is 34.1 Å². The van der Waals surface area contributed by atoms with Crippen LogP contribution in [-0.2, 0) is 0 Å². The summed E-state index contributed by atoms with van der Waals surface area (Å²) in [6, 6.07) is 4.27. The van der Waals surface area contributed by atoms with Gasteiger partial charge < -0.3 is 11.1 Å². The van der Waals surface area contributed by atoms with Gasteiger partial charge in [0.05, 0.1) is 28.3 Å². The van der Waals surface area contributed by atoms with Crippen LogP contribution in [0.2, 0.25) is 5.02 Å². The number of anilines is 3. The van der Waals surface area contributed by atoms with Crippen molar-refractivity contribution in [2.75, 3.05) is 11.1 Å². The highest BCUT2D eigenvalue weighted by Crippen LogP contribution is 2.34. The van der Waals surface area contributed by atoms with Crippen LogP contribution in [0.25, 0.3) is 0 Å². The first-order valence-electron chi connectivity index (χ1n) is 4.68. The topological polar surface area (TPSA) is 50.9 Å². The van der Waals surface area contributed by atoms with Crippen molar-refractivity contribution < 1.29 is 4.39 Å². The third kappa shape index (κ3) is 2.87. The molecular formula is C11H8BrClFN3. The fourth-order valence-electron chi connectivity index (χ4n) is 1.33. The van der Waals surface area contributed by atoms with E-state index in [0.717, 1.165) is 0 Å². The van der Waals surface area contributed by atoms with Crippen LogP contribution in [0, 0.1) is 5.82 Å². The van der Waals surface area contributed by atoms with E-state index in [4.69, 9.17) is 17.3 Å². The minimum atomic E-state index is -0.405. The van der Waals surface area contributed by atoms with Crippen LogP contribution < -0.4 is 11.1 Å². The van der Waals surface area contributed by atoms with Gasteiger partial charge in [-0.1, -0.05) is 11.6 Å². The lowest BCUT2D eigenvalue weighted by Gasteiger charge is -2.10. The van der Waals surface area contributed by atoms with Crippen molar-refractivity contribution >= 4 is 44.6 Å². The summed E-state index contributed by atoms with van der Waals surface area (Å²) in [5, 5.41) is 3.30. The predicted octanol–water partition coefficient (Wildman–Crippen LogP) is 3.96. The van der Waals surface area contributed by atoms with E-state index >= 15 is 0 Å². The molecule has 0 saturated heterocycles. The van der Waals surface area contributed by atoms with Crippen molar-refractivity contribution in [3.8, 4) is 0 Å². The van der Waals surface area contributed by atoms with E-state index < -0.39 is 5.82 Å². The number of nitrogens with one attached hydrogen (secondary N) is 1. The summed E-state index contributed by atoms with van der Waals surface area (Å²) < 4.78 is 13.6. The maximum absolute atomic E-state index is 13.0. The fraction of sp³-hybridized carbons (Fsp3) is 0. The van der Waals surface area contributed by atoms with E-state index in [0.29, 0.717) is 21.5 Å². The lowest BCUT2D eigenvalue weighted by Crippen LogP contribution is -1.96. The third-order valence-electron chi connectivity index (χ3n) is 2.04. The van der Waals surface area contributed by atoms with Gasteiger partial charge in [-0.15, -0.1) is 0 Å². The van der Waals surface area contributed by atoms with Crippen LogP contribution in [0.1, 0.15) is 0 Å². The average Bonchev–Trinajstić information content (AvgIpc) is 2.23. The first-order chi connectivity index (χ1) is 8.06. The summed E-state index contributed by atoms with van der Waals surface area (Å²) in [5.41, 5.74) is 7.39. The molecule has 0 unspecified atom stereocenters. The van der Waals surface area contributed by atoms with Gasteiger partial charge in [0.1, 0.15) is 5.82 Å². The minimum absolute atomic E-state index is 0.277. The quantitative estimate of drug-likeness (QED) is 0.881. The van der Waals surface area contributed by atoms with Crippen molar-refractivity contribution in [2.24, 2.45) is 0 Å². The zero-order valence-electron chi connectivity index (χ0n) is 8.55. The maximum Gasteiger partial charge on any atom is 0.125 e. The summed E-state index contributed by atoms with van der Waals surface area (Å²) in [5.74, 6) is -0.405. The molecule has 0 saturated carbocycles. The second-order valence-electron chi connectivity index (χ2n) is 3.38. The monoisotopic (exact) mass is 315 g/mol. The zero-order chi connectivity index (χ0) is 12.4. The molecule has 88 valence electrons. The number of rotatable bonds is 2. The predicted molar refractivity (Wildman–Crippen MR) is 71.0 cm³/mol. The zero-order valence-corrected chi connectivity index (χ0v) is 10.9. The van der Waals surface area contributed by atoms with Crippen LogP contribution in [-0.4, -0.2) is 4.98 Å². The molecule has 2 aromatic rings. The molecule has 1 aromatic heterocycles. The van der Waals surface area contributed by atoms with E-state index in [2.05, 4.69) is 26.2 Å². The smallest absolute Gasteiger partial charge is 0.125 e. The lowest BCUT2D eigenvalue weighted by atomic mass is 10.3. The Bertz CT molecular complexity index is 539. The Balaban J connectivity index is 2.36. The number of nitrogen functional groups attached to an aromatic ring is 1. The van der Waals surface area contributed by atoms with E-state index in [1.54, 1.807) is 12.3 Å². The van der Waals surface area contributed by atoms with Gasteiger partial charge in [-0.2, -0.15) is 0 Å². The molecule has 3 N–H and O–H groups in total. The molecule has 0 fully saturated rings. The largest absolute Gasteiger partial charge is 0.397 e. The van der Waals surface area contributed by atoms with Crippen LogP contribution in [0.3, 0.4) is 0 Å². The second kappa shape index (κ2) is 4.89. The van der Waals surface area contributed by atoms with Crippen molar-refractivity contribution in [2.45, 2.75) is 0 Å². The molecule has 0 atom stereocenters. The van der Waals surface area contributed by atoms with E-state index in [1.807, 2.05) is 0 Å². The Kier molecular flexibility index (Phi) is 3.49. The highest BCUT2D eigenvalue weighted by atomic mass is 79.9. The summed E-state index contributed by atoms with van der Waals surface area (Å²) in [6.07, 6.45) is 3.13. The molecule has 0 amide bonds. The van der Waals surface area contributed by atoms with Crippen molar-refractivity contribution in [1.29, 1.82) is 0 Å². The van der Waals surface area contributed by atoms with Gasteiger partial charge in [-0.25, -0.2) is 4.39 Å². The standard InChI is InChI=1S/C11H8BrClFN3/c12-9-1-6(14)2-10(13)11(9)17-8-3-7(15)4-16-5-8/h1-5,17H,15H2. The number of nitrogens with zero attached hydrogens (tertiary/aromatic N) is 1. The molecule has 0 aliphatic carbocycles. The number of pyridine rings is 1. The van der Waals surface area contributed by atoms with Crippen LogP contribution in [0.15, 0.2) is 35.1 Å². The summed E-state index contributed by atoms with van der Waals surface area (Å²) in [7, 11) is 0. The highest BCUT2D eigenvalue weighted by Gasteiger charge is 2.08. The third-order valence-corrected chi connectivity index (χ3v) is 2.96. The Morgan fingerprint density at radius 2 is 2.06 bits per heavy atom. The number of halogens is 3.